The fourth-order valence-corrected chi connectivity index (χ4v) is 3.46. The standard InChI is InChI=1S/C15H19NO5S/c1-2-20-11-3-5-12(6-4-11)21-9-13(17)16-15(14(18)19)7-8-22-10-15/h3-6H,2,7-10H2,1H3,(H,16,17)(H,18,19). The number of hydrogen-bond donors (Lipinski definition) is 2. The molecule has 1 amide bonds. The number of benzene rings is 1. The number of ether oxygens (including phenoxy) is 2. The Morgan fingerprint density at radius 3 is 2.41 bits per heavy atom. The number of aliphatic carboxylic acids is 1. The Morgan fingerprint density at radius 1 is 1.27 bits per heavy atom. The molecule has 1 saturated heterocycles. The lowest BCUT2D eigenvalue weighted by molar-refractivity contribution is -0.146. The first-order valence-electron chi connectivity index (χ1n) is 7.03. The van der Waals surface area contributed by atoms with Gasteiger partial charge < -0.3 is 19.9 Å². The molecule has 1 unspecified atom stereocenters. The maximum atomic E-state index is 11.9. The van der Waals surface area contributed by atoms with E-state index in [4.69, 9.17) is 9.47 Å². The van der Waals surface area contributed by atoms with Crippen LogP contribution in [0.5, 0.6) is 11.5 Å². The van der Waals surface area contributed by atoms with E-state index in [1.54, 1.807) is 24.3 Å². The van der Waals surface area contributed by atoms with E-state index in [-0.39, 0.29) is 6.61 Å². The lowest BCUT2D eigenvalue weighted by atomic mass is 9.99. The van der Waals surface area contributed by atoms with Crippen LogP contribution >= 0.6 is 11.8 Å². The van der Waals surface area contributed by atoms with Crippen molar-refractivity contribution in [1.29, 1.82) is 0 Å². The summed E-state index contributed by atoms with van der Waals surface area (Å²) in [4.78, 5) is 23.3. The van der Waals surface area contributed by atoms with E-state index in [9.17, 15) is 14.7 Å². The van der Waals surface area contributed by atoms with Crippen molar-refractivity contribution in [3.8, 4) is 11.5 Å². The summed E-state index contributed by atoms with van der Waals surface area (Å²) in [5.74, 6) is 0.949. The van der Waals surface area contributed by atoms with Gasteiger partial charge in [0.05, 0.1) is 6.61 Å². The van der Waals surface area contributed by atoms with Crippen LogP contribution in [0.25, 0.3) is 0 Å². The van der Waals surface area contributed by atoms with Gasteiger partial charge in [0.15, 0.2) is 6.61 Å². The van der Waals surface area contributed by atoms with E-state index in [0.717, 1.165) is 11.5 Å². The maximum Gasteiger partial charge on any atom is 0.330 e. The van der Waals surface area contributed by atoms with Crippen molar-refractivity contribution in [2.45, 2.75) is 18.9 Å². The highest BCUT2D eigenvalue weighted by Crippen LogP contribution is 2.28. The average Bonchev–Trinajstić information content (AvgIpc) is 2.97. The second-order valence-corrected chi connectivity index (χ2v) is 6.04. The van der Waals surface area contributed by atoms with E-state index in [1.807, 2.05) is 6.92 Å². The van der Waals surface area contributed by atoms with E-state index in [1.165, 1.54) is 11.8 Å². The van der Waals surface area contributed by atoms with Gasteiger partial charge >= 0.3 is 5.97 Å². The molecule has 0 bridgehead atoms. The zero-order valence-electron chi connectivity index (χ0n) is 12.3. The number of rotatable bonds is 7. The number of carbonyl (C=O) groups is 2. The van der Waals surface area contributed by atoms with Crippen LogP contribution in [-0.2, 0) is 9.59 Å². The quantitative estimate of drug-likeness (QED) is 0.791. The molecular formula is C15H19NO5S. The highest BCUT2D eigenvalue weighted by atomic mass is 32.2. The van der Waals surface area contributed by atoms with Gasteiger partial charge in [-0.25, -0.2) is 4.79 Å². The minimum Gasteiger partial charge on any atom is -0.494 e. The predicted molar refractivity (Wildman–Crippen MR) is 83.6 cm³/mol. The van der Waals surface area contributed by atoms with Crippen LogP contribution in [0.4, 0.5) is 0 Å². The van der Waals surface area contributed by atoms with Crippen LogP contribution in [0.1, 0.15) is 13.3 Å². The summed E-state index contributed by atoms with van der Waals surface area (Å²) >= 11 is 1.52. The van der Waals surface area contributed by atoms with Crippen molar-refractivity contribution >= 4 is 23.6 Å². The summed E-state index contributed by atoms with van der Waals surface area (Å²) < 4.78 is 10.7. The van der Waals surface area contributed by atoms with Crippen LogP contribution in [-0.4, -0.2) is 47.2 Å². The molecule has 1 aromatic carbocycles. The second-order valence-electron chi connectivity index (χ2n) is 4.93. The minimum atomic E-state index is -1.16. The fraction of sp³-hybridized carbons (Fsp3) is 0.467. The molecule has 0 spiro atoms. The van der Waals surface area contributed by atoms with E-state index < -0.39 is 17.4 Å². The van der Waals surface area contributed by atoms with Gasteiger partial charge in [-0.05, 0) is 43.4 Å². The Bertz CT molecular complexity index is 525. The molecule has 1 heterocycles. The molecule has 0 saturated carbocycles. The zero-order chi connectivity index (χ0) is 16.0. The molecule has 1 aliphatic heterocycles. The van der Waals surface area contributed by atoms with Crippen molar-refractivity contribution in [3.05, 3.63) is 24.3 Å². The number of carboxylic acid groups (broad SMARTS) is 1. The van der Waals surface area contributed by atoms with Gasteiger partial charge in [0, 0.05) is 5.75 Å². The fourth-order valence-electron chi connectivity index (χ4n) is 2.14. The number of hydrogen-bond acceptors (Lipinski definition) is 5. The SMILES string of the molecule is CCOc1ccc(OCC(=O)NC2(C(=O)O)CCSC2)cc1. The highest BCUT2D eigenvalue weighted by Gasteiger charge is 2.43. The van der Waals surface area contributed by atoms with E-state index in [2.05, 4.69) is 5.32 Å². The summed E-state index contributed by atoms with van der Waals surface area (Å²) in [5, 5.41) is 11.9. The third kappa shape index (κ3) is 4.07. The summed E-state index contributed by atoms with van der Waals surface area (Å²) in [5.41, 5.74) is -1.16. The Kier molecular flexibility index (Phi) is 5.54. The number of carboxylic acids is 1. The molecule has 0 aliphatic carbocycles. The van der Waals surface area contributed by atoms with Crippen LogP contribution in [0, 0.1) is 0 Å². The van der Waals surface area contributed by atoms with Crippen LogP contribution in [0.3, 0.4) is 0 Å². The Labute approximate surface area is 133 Å². The van der Waals surface area contributed by atoms with Crippen molar-refractivity contribution in [2.75, 3.05) is 24.7 Å². The van der Waals surface area contributed by atoms with Gasteiger partial charge in [-0.1, -0.05) is 0 Å². The monoisotopic (exact) mass is 325 g/mol. The molecule has 2 rings (SSSR count). The maximum absolute atomic E-state index is 11.9. The number of nitrogens with one attached hydrogen (secondary N) is 1. The van der Waals surface area contributed by atoms with Gasteiger partial charge in [0.2, 0.25) is 0 Å². The molecule has 6 nitrogen and oxygen atoms in total. The first-order valence-corrected chi connectivity index (χ1v) is 8.19. The molecule has 2 N–H and O–H groups in total. The highest BCUT2D eigenvalue weighted by molar-refractivity contribution is 7.99. The Morgan fingerprint density at radius 2 is 1.91 bits per heavy atom. The zero-order valence-corrected chi connectivity index (χ0v) is 13.1. The van der Waals surface area contributed by atoms with Crippen LogP contribution < -0.4 is 14.8 Å². The molecule has 1 fully saturated rings. The van der Waals surface area contributed by atoms with Gasteiger partial charge in [-0.3, -0.25) is 4.79 Å². The molecular weight excluding hydrogens is 306 g/mol. The topological polar surface area (TPSA) is 84.9 Å². The first-order chi connectivity index (χ1) is 10.6. The normalized spacial score (nSPS) is 20.4. The van der Waals surface area contributed by atoms with Crippen molar-refractivity contribution in [3.63, 3.8) is 0 Å². The van der Waals surface area contributed by atoms with Crippen LogP contribution in [0.2, 0.25) is 0 Å². The van der Waals surface area contributed by atoms with Gasteiger partial charge in [0.1, 0.15) is 17.0 Å². The Hall–Kier alpha value is -1.89. The molecule has 120 valence electrons. The second kappa shape index (κ2) is 7.40. The van der Waals surface area contributed by atoms with Crippen LogP contribution in [0.15, 0.2) is 24.3 Å². The third-order valence-corrected chi connectivity index (χ3v) is 4.50. The number of thioether (sulfide) groups is 1. The number of carbonyl (C=O) groups excluding carboxylic acids is 1. The first kappa shape index (κ1) is 16.5. The molecule has 0 radical (unpaired) electrons. The average molecular weight is 325 g/mol. The summed E-state index contributed by atoms with van der Waals surface area (Å²) in [6.07, 6.45) is 0.432. The molecule has 0 aromatic heterocycles. The Balaban J connectivity index is 1.85. The van der Waals surface area contributed by atoms with E-state index >= 15 is 0 Å². The van der Waals surface area contributed by atoms with Gasteiger partial charge in [-0.15, -0.1) is 0 Å². The smallest absolute Gasteiger partial charge is 0.330 e. The lowest BCUT2D eigenvalue weighted by Gasteiger charge is -2.24. The largest absolute Gasteiger partial charge is 0.494 e. The molecule has 7 heteroatoms. The minimum absolute atomic E-state index is 0.215. The third-order valence-electron chi connectivity index (χ3n) is 3.31. The van der Waals surface area contributed by atoms with E-state index in [0.29, 0.717) is 24.5 Å². The summed E-state index contributed by atoms with van der Waals surface area (Å²) in [6.45, 7) is 2.26. The van der Waals surface area contributed by atoms with Crippen molar-refractivity contribution in [1.82, 2.24) is 5.32 Å². The van der Waals surface area contributed by atoms with Gasteiger partial charge in [0.25, 0.3) is 5.91 Å². The number of amides is 1. The summed E-state index contributed by atoms with van der Waals surface area (Å²) in [6, 6.07) is 6.92. The van der Waals surface area contributed by atoms with Gasteiger partial charge in [-0.2, -0.15) is 11.8 Å². The molecule has 1 aliphatic rings. The predicted octanol–water partition coefficient (Wildman–Crippen LogP) is 1.54. The lowest BCUT2D eigenvalue weighted by Crippen LogP contribution is -2.55. The summed E-state index contributed by atoms with van der Waals surface area (Å²) in [7, 11) is 0. The molecule has 1 aromatic rings. The van der Waals surface area contributed by atoms with Crippen molar-refractivity contribution in [2.24, 2.45) is 0 Å². The molecule has 1 atom stereocenters. The molecule has 22 heavy (non-hydrogen) atoms. The van der Waals surface area contributed by atoms with Crippen molar-refractivity contribution < 1.29 is 24.2 Å².